The van der Waals surface area contributed by atoms with Crippen molar-refractivity contribution in [2.45, 2.75) is 6.61 Å². The van der Waals surface area contributed by atoms with Crippen molar-refractivity contribution >= 4 is 16.9 Å². The highest BCUT2D eigenvalue weighted by Crippen LogP contribution is 2.30. The molecule has 134 valence electrons. The van der Waals surface area contributed by atoms with Crippen LogP contribution in [0.3, 0.4) is 0 Å². The molecule has 0 fully saturated rings. The van der Waals surface area contributed by atoms with Gasteiger partial charge >= 0.3 is 11.6 Å². The van der Waals surface area contributed by atoms with E-state index in [2.05, 4.69) is 0 Å². The number of carbonyl (C=O) groups excluding carboxylic acids is 1. The summed E-state index contributed by atoms with van der Waals surface area (Å²) in [4.78, 5) is 24.0. The number of methoxy groups -OCH3 is 2. The van der Waals surface area contributed by atoms with Gasteiger partial charge in [0.25, 0.3) is 0 Å². The van der Waals surface area contributed by atoms with E-state index >= 15 is 0 Å². The van der Waals surface area contributed by atoms with Gasteiger partial charge in [-0.25, -0.2) is 9.59 Å². The Morgan fingerprint density at radius 1 is 1.12 bits per heavy atom. The van der Waals surface area contributed by atoms with Crippen LogP contribution >= 0.6 is 0 Å². The molecule has 1 N–H and O–H groups in total. The molecular weight excluding hydrogens is 340 g/mol. The lowest BCUT2D eigenvalue weighted by Gasteiger charge is -2.10. The fourth-order valence-corrected chi connectivity index (χ4v) is 2.53. The predicted molar refractivity (Wildman–Crippen MR) is 92.8 cm³/mol. The highest BCUT2D eigenvalue weighted by Gasteiger charge is 2.17. The zero-order valence-corrected chi connectivity index (χ0v) is 14.1. The number of fused-ring (bicyclic) bond motifs is 1. The first-order chi connectivity index (χ1) is 12.5. The van der Waals surface area contributed by atoms with Crippen LogP contribution in [0.2, 0.25) is 0 Å². The first-order valence-corrected chi connectivity index (χ1v) is 7.67. The number of hydrogen-bond donors (Lipinski definition) is 1. The molecular formula is C19H16O7. The third-order valence-electron chi connectivity index (χ3n) is 3.83. The molecule has 0 saturated heterocycles. The van der Waals surface area contributed by atoms with Crippen LogP contribution in [-0.4, -0.2) is 25.3 Å². The van der Waals surface area contributed by atoms with Gasteiger partial charge in [-0.3, -0.25) is 0 Å². The Balaban J connectivity index is 1.88. The number of phenolic OH excluding ortho intramolecular Hbond substituents is 1. The molecule has 0 radical (unpaired) electrons. The molecule has 0 aliphatic heterocycles. The Morgan fingerprint density at radius 2 is 1.92 bits per heavy atom. The summed E-state index contributed by atoms with van der Waals surface area (Å²) in [6.07, 6.45) is 0. The maximum absolute atomic E-state index is 12.3. The van der Waals surface area contributed by atoms with Crippen LogP contribution in [0.15, 0.2) is 51.7 Å². The van der Waals surface area contributed by atoms with Crippen LogP contribution in [0, 0.1) is 0 Å². The minimum absolute atomic E-state index is 0.0294. The summed E-state index contributed by atoms with van der Waals surface area (Å²) in [5.41, 5.74) is 0.209. The van der Waals surface area contributed by atoms with Crippen molar-refractivity contribution in [2.24, 2.45) is 0 Å². The molecule has 3 aromatic rings. The molecule has 26 heavy (non-hydrogen) atoms. The highest BCUT2D eigenvalue weighted by molar-refractivity contribution is 5.93. The van der Waals surface area contributed by atoms with Crippen LogP contribution in [0.25, 0.3) is 11.0 Å². The quantitative estimate of drug-likeness (QED) is 0.555. The monoisotopic (exact) mass is 356 g/mol. The van der Waals surface area contributed by atoms with Crippen molar-refractivity contribution in [3.63, 3.8) is 0 Å². The van der Waals surface area contributed by atoms with Crippen LogP contribution in [0.1, 0.15) is 15.9 Å². The first kappa shape index (κ1) is 17.3. The molecule has 0 unspecified atom stereocenters. The Morgan fingerprint density at radius 3 is 2.65 bits per heavy atom. The summed E-state index contributed by atoms with van der Waals surface area (Å²) in [5, 5.41) is 10.6. The molecule has 7 heteroatoms. The lowest BCUT2D eigenvalue weighted by Crippen LogP contribution is -2.08. The highest BCUT2D eigenvalue weighted by atomic mass is 16.5. The fourth-order valence-electron chi connectivity index (χ4n) is 2.53. The van der Waals surface area contributed by atoms with E-state index in [1.807, 2.05) is 0 Å². The summed E-state index contributed by atoms with van der Waals surface area (Å²) < 4.78 is 20.5. The van der Waals surface area contributed by atoms with E-state index in [-0.39, 0.29) is 23.7 Å². The summed E-state index contributed by atoms with van der Waals surface area (Å²) >= 11 is 0. The first-order valence-electron chi connectivity index (χ1n) is 7.67. The number of benzene rings is 2. The van der Waals surface area contributed by atoms with Gasteiger partial charge in [0.1, 0.15) is 23.5 Å². The summed E-state index contributed by atoms with van der Waals surface area (Å²) in [7, 11) is 2.89. The summed E-state index contributed by atoms with van der Waals surface area (Å²) in [6, 6.07) is 10.8. The van der Waals surface area contributed by atoms with Crippen molar-refractivity contribution in [2.75, 3.05) is 14.2 Å². The molecule has 1 aromatic heterocycles. The topological polar surface area (TPSA) is 95.2 Å². The number of ether oxygens (including phenoxy) is 3. The van der Waals surface area contributed by atoms with Crippen molar-refractivity contribution < 1.29 is 28.5 Å². The average Bonchev–Trinajstić information content (AvgIpc) is 2.65. The molecule has 0 spiro atoms. The molecule has 0 saturated carbocycles. The van der Waals surface area contributed by atoms with E-state index in [0.29, 0.717) is 22.3 Å². The Labute approximate surface area is 148 Å². The van der Waals surface area contributed by atoms with Crippen molar-refractivity contribution in [3.05, 3.63) is 64.0 Å². The number of aromatic hydroxyl groups is 1. The SMILES string of the molecule is COc1ccc2c(COC(=O)c3cccc(OC)c3O)cc(=O)oc2c1. The molecule has 0 amide bonds. The van der Waals surface area contributed by atoms with Crippen LogP contribution in [-0.2, 0) is 11.3 Å². The lowest BCUT2D eigenvalue weighted by molar-refractivity contribution is 0.0470. The summed E-state index contributed by atoms with van der Waals surface area (Å²) in [6.45, 7) is -0.163. The number of rotatable bonds is 5. The predicted octanol–water partition coefficient (Wildman–Crippen LogP) is 2.87. The molecule has 2 aromatic carbocycles. The van der Waals surface area contributed by atoms with Gasteiger partial charge < -0.3 is 23.7 Å². The molecule has 0 bridgehead atoms. The molecule has 7 nitrogen and oxygen atoms in total. The second-order valence-corrected chi connectivity index (χ2v) is 5.39. The van der Waals surface area contributed by atoms with E-state index in [9.17, 15) is 14.7 Å². The number of para-hydroxylation sites is 1. The number of hydrogen-bond acceptors (Lipinski definition) is 7. The number of esters is 1. The van der Waals surface area contributed by atoms with E-state index in [1.54, 1.807) is 24.3 Å². The standard InChI is InChI=1S/C19H16O7/c1-23-12-6-7-13-11(8-17(20)26-16(13)9-12)10-25-19(22)14-4-3-5-15(24-2)18(14)21/h3-9,21H,10H2,1-2H3. The van der Waals surface area contributed by atoms with Crippen molar-refractivity contribution in [1.29, 1.82) is 0 Å². The number of carbonyl (C=O) groups is 1. The average molecular weight is 356 g/mol. The molecule has 0 atom stereocenters. The van der Waals surface area contributed by atoms with Gasteiger partial charge in [0.15, 0.2) is 11.5 Å². The second-order valence-electron chi connectivity index (χ2n) is 5.39. The Bertz CT molecular complexity index is 1020. The smallest absolute Gasteiger partial charge is 0.342 e. The van der Waals surface area contributed by atoms with E-state index in [4.69, 9.17) is 18.6 Å². The van der Waals surface area contributed by atoms with Crippen LogP contribution < -0.4 is 15.1 Å². The van der Waals surface area contributed by atoms with E-state index in [0.717, 1.165) is 0 Å². The van der Waals surface area contributed by atoms with E-state index < -0.39 is 11.6 Å². The Hall–Kier alpha value is -3.48. The zero-order valence-electron chi connectivity index (χ0n) is 14.1. The summed E-state index contributed by atoms with van der Waals surface area (Å²) in [5.74, 6) is -0.341. The largest absolute Gasteiger partial charge is 0.504 e. The molecule has 3 rings (SSSR count). The second kappa shape index (κ2) is 7.18. The van der Waals surface area contributed by atoms with Gasteiger partial charge in [-0.05, 0) is 24.3 Å². The van der Waals surface area contributed by atoms with Crippen molar-refractivity contribution in [3.8, 4) is 17.2 Å². The minimum atomic E-state index is -0.740. The van der Waals surface area contributed by atoms with Crippen LogP contribution in [0.4, 0.5) is 0 Å². The van der Waals surface area contributed by atoms with Crippen molar-refractivity contribution in [1.82, 2.24) is 0 Å². The Kier molecular flexibility index (Phi) is 4.79. The molecule has 0 aliphatic rings. The zero-order chi connectivity index (χ0) is 18.7. The van der Waals surface area contributed by atoms with E-state index in [1.165, 1.54) is 32.4 Å². The fraction of sp³-hybridized carbons (Fsp3) is 0.158. The molecule has 1 heterocycles. The maximum atomic E-state index is 12.3. The van der Waals surface area contributed by atoms with Gasteiger partial charge in [-0.15, -0.1) is 0 Å². The third kappa shape index (κ3) is 3.32. The lowest BCUT2D eigenvalue weighted by atomic mass is 10.1. The third-order valence-corrected chi connectivity index (χ3v) is 3.83. The normalized spacial score (nSPS) is 10.5. The maximum Gasteiger partial charge on any atom is 0.342 e. The molecule has 0 aliphatic carbocycles. The van der Waals surface area contributed by atoms with Gasteiger partial charge in [0.05, 0.1) is 14.2 Å². The van der Waals surface area contributed by atoms with Gasteiger partial charge in [-0.1, -0.05) is 6.07 Å². The van der Waals surface area contributed by atoms with Gasteiger partial charge in [0.2, 0.25) is 0 Å². The van der Waals surface area contributed by atoms with Gasteiger partial charge in [0, 0.05) is 23.1 Å². The number of phenols is 1. The minimum Gasteiger partial charge on any atom is -0.504 e. The van der Waals surface area contributed by atoms with Crippen LogP contribution in [0.5, 0.6) is 17.2 Å². The van der Waals surface area contributed by atoms with Gasteiger partial charge in [-0.2, -0.15) is 0 Å².